The Balaban J connectivity index is 2.06. The maximum absolute atomic E-state index is 12.9. The van der Waals surface area contributed by atoms with Gasteiger partial charge in [0.1, 0.15) is 5.82 Å². The minimum Gasteiger partial charge on any atom is -0.351 e. The van der Waals surface area contributed by atoms with Gasteiger partial charge in [0.15, 0.2) is 0 Å². The van der Waals surface area contributed by atoms with Gasteiger partial charge >= 0.3 is 0 Å². The molecule has 0 aromatic heterocycles. The molecule has 0 aliphatic carbocycles. The van der Waals surface area contributed by atoms with E-state index in [-0.39, 0.29) is 23.1 Å². The monoisotopic (exact) mass is 313 g/mol. The molecule has 1 atom stereocenters. The van der Waals surface area contributed by atoms with Gasteiger partial charge in [-0.05, 0) is 41.7 Å². The fourth-order valence-corrected chi connectivity index (χ4v) is 2.69. The highest BCUT2D eigenvalue weighted by Crippen LogP contribution is 2.30. The summed E-state index contributed by atoms with van der Waals surface area (Å²) in [6.07, 6.45) is 0.973. The van der Waals surface area contributed by atoms with E-state index in [1.807, 2.05) is 18.2 Å². The quantitative estimate of drug-likeness (QED) is 0.846. The molecular weight excluding hydrogens is 289 g/mol. The molecule has 23 heavy (non-hydrogen) atoms. The molecule has 0 saturated carbocycles. The van der Waals surface area contributed by atoms with Crippen LogP contribution in [0.15, 0.2) is 54.6 Å². The fourth-order valence-electron chi connectivity index (χ4n) is 2.69. The second-order valence-electron chi connectivity index (χ2n) is 7.09. The first-order valence-electron chi connectivity index (χ1n) is 7.94. The highest BCUT2D eigenvalue weighted by Gasteiger charge is 2.21. The minimum atomic E-state index is -0.337. The predicted octanol–water partition coefficient (Wildman–Crippen LogP) is 4.78. The minimum absolute atomic E-state index is 0.167. The Morgan fingerprint density at radius 2 is 1.65 bits per heavy atom. The molecule has 0 radical (unpaired) electrons. The van der Waals surface area contributed by atoms with E-state index in [2.05, 4.69) is 38.2 Å². The third-order valence-electron chi connectivity index (χ3n) is 3.75. The summed E-state index contributed by atoms with van der Waals surface area (Å²) in [5.41, 5.74) is 1.87. The largest absolute Gasteiger partial charge is 0.351 e. The highest BCUT2D eigenvalue weighted by molar-refractivity contribution is 5.94. The number of nitrogens with one attached hydrogen (secondary N) is 1. The van der Waals surface area contributed by atoms with E-state index in [1.165, 1.54) is 29.8 Å². The zero-order valence-corrected chi connectivity index (χ0v) is 14.0. The highest BCUT2D eigenvalue weighted by atomic mass is 19.1. The van der Waals surface area contributed by atoms with Gasteiger partial charge in [0.25, 0.3) is 5.91 Å². The Morgan fingerprint density at radius 1 is 1.04 bits per heavy atom. The Labute approximate surface area is 137 Å². The van der Waals surface area contributed by atoms with Crippen molar-refractivity contribution in [3.63, 3.8) is 0 Å². The summed E-state index contributed by atoms with van der Waals surface area (Å²) >= 11 is 0. The van der Waals surface area contributed by atoms with Gasteiger partial charge in [0, 0.05) is 18.0 Å². The second-order valence-corrected chi connectivity index (χ2v) is 7.09. The van der Waals surface area contributed by atoms with Crippen LogP contribution in [0.3, 0.4) is 0 Å². The SMILES string of the molecule is CC(C)(C)CC(CNC(=O)c1ccc(F)cc1)c1ccccc1. The van der Waals surface area contributed by atoms with Gasteiger partial charge in [0.05, 0.1) is 0 Å². The van der Waals surface area contributed by atoms with Crippen molar-refractivity contribution in [1.82, 2.24) is 5.32 Å². The summed E-state index contributed by atoms with van der Waals surface area (Å²) in [7, 11) is 0. The average Bonchev–Trinajstić information content (AvgIpc) is 2.51. The van der Waals surface area contributed by atoms with Crippen LogP contribution >= 0.6 is 0 Å². The standard InChI is InChI=1S/C20H24FNO/c1-20(2,3)13-17(15-7-5-4-6-8-15)14-22-19(23)16-9-11-18(21)12-10-16/h4-12,17H,13-14H2,1-3H3,(H,22,23). The van der Waals surface area contributed by atoms with Gasteiger partial charge < -0.3 is 5.32 Å². The first-order chi connectivity index (χ1) is 10.8. The van der Waals surface area contributed by atoms with Crippen molar-refractivity contribution in [2.45, 2.75) is 33.1 Å². The van der Waals surface area contributed by atoms with Crippen molar-refractivity contribution in [2.24, 2.45) is 5.41 Å². The first-order valence-corrected chi connectivity index (χ1v) is 7.94. The second kappa shape index (κ2) is 7.40. The molecule has 0 saturated heterocycles. The molecule has 1 amide bonds. The summed E-state index contributed by atoms with van der Waals surface area (Å²) in [5.74, 6) is -0.253. The Morgan fingerprint density at radius 3 is 2.22 bits per heavy atom. The Bertz CT molecular complexity index is 629. The zero-order chi connectivity index (χ0) is 16.9. The van der Waals surface area contributed by atoms with Gasteiger partial charge in [-0.15, -0.1) is 0 Å². The molecule has 1 N–H and O–H groups in total. The Kier molecular flexibility index (Phi) is 5.54. The molecule has 3 heteroatoms. The molecule has 0 aliphatic heterocycles. The van der Waals surface area contributed by atoms with Crippen molar-refractivity contribution >= 4 is 5.91 Å². The van der Waals surface area contributed by atoms with E-state index in [9.17, 15) is 9.18 Å². The average molecular weight is 313 g/mol. The molecule has 2 rings (SSSR count). The molecule has 122 valence electrons. The first kappa shape index (κ1) is 17.2. The summed E-state index contributed by atoms with van der Waals surface area (Å²) in [6.45, 7) is 7.16. The van der Waals surface area contributed by atoms with Crippen LogP contribution in [0.5, 0.6) is 0 Å². The van der Waals surface area contributed by atoms with Crippen LogP contribution in [-0.4, -0.2) is 12.5 Å². The Hall–Kier alpha value is -2.16. The lowest BCUT2D eigenvalue weighted by atomic mass is 9.81. The lowest BCUT2D eigenvalue weighted by molar-refractivity contribution is 0.0948. The van der Waals surface area contributed by atoms with Crippen molar-refractivity contribution < 1.29 is 9.18 Å². The van der Waals surface area contributed by atoms with Crippen LogP contribution < -0.4 is 5.32 Å². The van der Waals surface area contributed by atoms with Gasteiger partial charge in [-0.1, -0.05) is 51.1 Å². The number of halogens is 1. The van der Waals surface area contributed by atoms with Gasteiger partial charge in [0.2, 0.25) is 0 Å². The van der Waals surface area contributed by atoms with Crippen LogP contribution in [0.2, 0.25) is 0 Å². The van der Waals surface area contributed by atoms with E-state index in [1.54, 1.807) is 0 Å². The van der Waals surface area contributed by atoms with Gasteiger partial charge in [-0.3, -0.25) is 4.79 Å². The summed E-state index contributed by atoms with van der Waals surface area (Å²) in [4.78, 5) is 12.2. The molecule has 0 spiro atoms. The number of rotatable bonds is 5. The molecule has 0 fully saturated rings. The smallest absolute Gasteiger partial charge is 0.251 e. The molecule has 0 bridgehead atoms. The van der Waals surface area contributed by atoms with E-state index in [0.717, 1.165) is 6.42 Å². The van der Waals surface area contributed by atoms with Crippen LogP contribution in [0.1, 0.15) is 49.0 Å². The molecule has 1 unspecified atom stereocenters. The molecule has 2 aromatic rings. The van der Waals surface area contributed by atoms with E-state index in [4.69, 9.17) is 0 Å². The number of carbonyl (C=O) groups excluding carboxylic acids is 1. The summed E-state index contributed by atoms with van der Waals surface area (Å²) in [6, 6.07) is 15.9. The topological polar surface area (TPSA) is 29.1 Å². The number of benzene rings is 2. The number of hydrogen-bond acceptors (Lipinski definition) is 1. The third-order valence-corrected chi connectivity index (χ3v) is 3.75. The van der Waals surface area contributed by atoms with E-state index >= 15 is 0 Å². The maximum atomic E-state index is 12.9. The van der Waals surface area contributed by atoms with Crippen LogP contribution in [-0.2, 0) is 0 Å². The number of carbonyl (C=O) groups is 1. The number of hydrogen-bond donors (Lipinski definition) is 1. The molecular formula is C20H24FNO. The molecule has 2 aromatic carbocycles. The molecule has 0 heterocycles. The molecule has 2 nitrogen and oxygen atoms in total. The van der Waals surface area contributed by atoms with Crippen molar-refractivity contribution in [3.8, 4) is 0 Å². The molecule has 0 aliphatic rings. The van der Waals surface area contributed by atoms with Crippen LogP contribution in [0.4, 0.5) is 4.39 Å². The zero-order valence-electron chi connectivity index (χ0n) is 14.0. The predicted molar refractivity (Wildman–Crippen MR) is 92.0 cm³/mol. The lowest BCUT2D eigenvalue weighted by Crippen LogP contribution is -2.30. The maximum Gasteiger partial charge on any atom is 0.251 e. The van der Waals surface area contributed by atoms with Crippen LogP contribution in [0, 0.1) is 11.2 Å². The lowest BCUT2D eigenvalue weighted by Gasteiger charge is -2.26. The third kappa shape index (κ3) is 5.51. The van der Waals surface area contributed by atoms with Crippen molar-refractivity contribution in [2.75, 3.05) is 6.54 Å². The fraction of sp³-hybridized carbons (Fsp3) is 0.350. The summed E-state index contributed by atoms with van der Waals surface area (Å²) in [5, 5.41) is 2.98. The number of amides is 1. The van der Waals surface area contributed by atoms with Gasteiger partial charge in [-0.25, -0.2) is 4.39 Å². The van der Waals surface area contributed by atoms with Crippen LogP contribution in [0.25, 0.3) is 0 Å². The van der Waals surface area contributed by atoms with E-state index < -0.39 is 0 Å². The normalized spacial score (nSPS) is 12.7. The van der Waals surface area contributed by atoms with E-state index in [0.29, 0.717) is 12.1 Å². The van der Waals surface area contributed by atoms with Crippen molar-refractivity contribution in [3.05, 3.63) is 71.5 Å². The summed E-state index contributed by atoms with van der Waals surface area (Å²) < 4.78 is 12.9. The van der Waals surface area contributed by atoms with Gasteiger partial charge in [-0.2, -0.15) is 0 Å². The van der Waals surface area contributed by atoms with Crippen molar-refractivity contribution in [1.29, 1.82) is 0 Å².